The highest BCUT2D eigenvalue weighted by Gasteiger charge is 2.12. The third-order valence-electron chi connectivity index (χ3n) is 2.48. The Hall–Kier alpha value is -1.81. The van der Waals surface area contributed by atoms with E-state index in [-0.39, 0.29) is 5.91 Å². The Morgan fingerprint density at radius 1 is 1.41 bits per heavy atom. The van der Waals surface area contributed by atoms with Crippen LogP contribution in [-0.4, -0.2) is 15.9 Å². The molecule has 88 valence electrons. The summed E-state index contributed by atoms with van der Waals surface area (Å²) in [7, 11) is 0. The van der Waals surface area contributed by atoms with Gasteiger partial charge >= 0.3 is 0 Å². The van der Waals surface area contributed by atoms with Gasteiger partial charge in [-0.25, -0.2) is 4.98 Å². The van der Waals surface area contributed by atoms with Gasteiger partial charge in [-0.15, -0.1) is 0 Å². The first-order valence-electron chi connectivity index (χ1n) is 5.15. The number of anilines is 1. The number of aryl methyl sites for hydroxylation is 2. The first-order valence-corrected chi connectivity index (χ1v) is 5.53. The minimum absolute atomic E-state index is 0.228. The topological polar surface area (TPSA) is 57.8 Å². The number of H-pyrrole nitrogens is 1. The number of aromatic amines is 1. The number of halogens is 1. The van der Waals surface area contributed by atoms with E-state index in [4.69, 9.17) is 11.6 Å². The molecule has 0 saturated carbocycles. The van der Waals surface area contributed by atoms with Crippen molar-refractivity contribution in [3.8, 4) is 0 Å². The zero-order chi connectivity index (χ0) is 12.4. The Labute approximate surface area is 104 Å². The zero-order valence-electron chi connectivity index (χ0n) is 9.54. The van der Waals surface area contributed by atoms with E-state index in [1.807, 2.05) is 6.92 Å². The monoisotopic (exact) mass is 249 g/mol. The number of carbonyl (C=O) groups excluding carboxylic acids is 1. The molecule has 0 aliphatic rings. The second-order valence-corrected chi connectivity index (χ2v) is 4.23. The molecular weight excluding hydrogens is 238 g/mol. The molecule has 5 heteroatoms. The van der Waals surface area contributed by atoms with Crippen LogP contribution in [0.1, 0.15) is 21.7 Å². The maximum atomic E-state index is 11.9. The molecule has 1 heterocycles. The number of hydrogen-bond acceptors (Lipinski definition) is 2. The zero-order valence-corrected chi connectivity index (χ0v) is 10.3. The number of imidazole rings is 1. The van der Waals surface area contributed by atoms with Crippen LogP contribution >= 0.6 is 11.6 Å². The van der Waals surface area contributed by atoms with Crippen molar-refractivity contribution in [1.29, 1.82) is 0 Å². The summed E-state index contributed by atoms with van der Waals surface area (Å²) in [5.41, 5.74) is 2.80. The second kappa shape index (κ2) is 4.59. The molecule has 0 radical (unpaired) electrons. The minimum atomic E-state index is -0.228. The summed E-state index contributed by atoms with van der Waals surface area (Å²) in [5, 5.41) is 3.45. The lowest BCUT2D eigenvalue weighted by molar-refractivity contribution is 0.102. The minimum Gasteiger partial charge on any atom is -0.348 e. The van der Waals surface area contributed by atoms with E-state index in [1.165, 1.54) is 6.33 Å². The van der Waals surface area contributed by atoms with Gasteiger partial charge in [0.15, 0.2) is 0 Å². The summed E-state index contributed by atoms with van der Waals surface area (Å²) in [6.07, 6.45) is 1.50. The van der Waals surface area contributed by atoms with E-state index < -0.39 is 0 Å². The highest BCUT2D eigenvalue weighted by atomic mass is 35.5. The number of amides is 1. The van der Waals surface area contributed by atoms with Gasteiger partial charge in [-0.05, 0) is 37.6 Å². The third kappa shape index (κ3) is 2.47. The normalized spacial score (nSPS) is 10.3. The Morgan fingerprint density at radius 3 is 2.76 bits per heavy atom. The molecule has 0 atom stereocenters. The van der Waals surface area contributed by atoms with E-state index >= 15 is 0 Å². The lowest BCUT2D eigenvalue weighted by Gasteiger charge is -2.07. The van der Waals surface area contributed by atoms with E-state index in [2.05, 4.69) is 15.3 Å². The van der Waals surface area contributed by atoms with Crippen molar-refractivity contribution in [2.75, 3.05) is 5.32 Å². The number of nitrogens with one attached hydrogen (secondary N) is 2. The van der Waals surface area contributed by atoms with Gasteiger partial charge in [0.05, 0.1) is 6.33 Å². The summed E-state index contributed by atoms with van der Waals surface area (Å²) in [5.74, 6) is -0.228. The molecule has 2 aromatic rings. The average molecular weight is 250 g/mol. The number of aromatic nitrogens is 2. The SMILES string of the molecule is Cc1cc(Cl)ccc1NC(=O)c1nc[nH]c1C. The first-order chi connectivity index (χ1) is 8.08. The summed E-state index contributed by atoms with van der Waals surface area (Å²) < 4.78 is 0. The molecule has 1 amide bonds. The molecule has 2 N–H and O–H groups in total. The second-order valence-electron chi connectivity index (χ2n) is 3.79. The first kappa shape index (κ1) is 11.7. The molecule has 2 rings (SSSR count). The number of benzene rings is 1. The van der Waals surface area contributed by atoms with Gasteiger partial charge < -0.3 is 10.3 Å². The molecule has 1 aromatic carbocycles. The predicted molar refractivity (Wildman–Crippen MR) is 67.5 cm³/mol. The highest BCUT2D eigenvalue weighted by Crippen LogP contribution is 2.20. The molecule has 0 fully saturated rings. The molecule has 4 nitrogen and oxygen atoms in total. The lowest BCUT2D eigenvalue weighted by atomic mass is 10.2. The van der Waals surface area contributed by atoms with Crippen LogP contribution in [0.2, 0.25) is 5.02 Å². The van der Waals surface area contributed by atoms with Crippen molar-refractivity contribution in [2.24, 2.45) is 0 Å². The smallest absolute Gasteiger partial charge is 0.276 e. The van der Waals surface area contributed by atoms with Crippen LogP contribution in [0.3, 0.4) is 0 Å². The van der Waals surface area contributed by atoms with E-state index in [0.29, 0.717) is 10.7 Å². The lowest BCUT2D eigenvalue weighted by Crippen LogP contribution is -2.14. The van der Waals surface area contributed by atoms with Crippen molar-refractivity contribution < 1.29 is 4.79 Å². The molecule has 0 saturated heterocycles. The standard InChI is InChI=1S/C12H12ClN3O/c1-7-5-9(13)3-4-10(7)16-12(17)11-8(2)14-6-15-11/h3-6H,1-2H3,(H,14,15)(H,16,17). The van der Waals surface area contributed by atoms with Crippen LogP contribution in [-0.2, 0) is 0 Å². The predicted octanol–water partition coefficient (Wildman–Crippen LogP) is 2.93. The Balaban J connectivity index is 2.22. The van der Waals surface area contributed by atoms with E-state index in [9.17, 15) is 4.79 Å². The fraction of sp³-hybridized carbons (Fsp3) is 0.167. The highest BCUT2D eigenvalue weighted by molar-refractivity contribution is 6.30. The van der Waals surface area contributed by atoms with Crippen molar-refractivity contribution >= 4 is 23.2 Å². The number of carbonyl (C=O) groups is 1. The Morgan fingerprint density at radius 2 is 2.18 bits per heavy atom. The van der Waals surface area contributed by atoms with Gasteiger partial charge in [0.2, 0.25) is 0 Å². The summed E-state index contributed by atoms with van der Waals surface area (Å²) in [6.45, 7) is 3.69. The Bertz CT molecular complexity index is 563. The van der Waals surface area contributed by atoms with Gasteiger partial charge in [0.1, 0.15) is 5.69 Å². The maximum absolute atomic E-state index is 11.9. The molecule has 0 aliphatic carbocycles. The molecule has 0 spiro atoms. The number of nitrogens with zero attached hydrogens (tertiary/aromatic N) is 1. The number of hydrogen-bond donors (Lipinski definition) is 2. The van der Waals surface area contributed by atoms with Crippen LogP contribution in [0.25, 0.3) is 0 Å². The van der Waals surface area contributed by atoms with Crippen molar-refractivity contribution in [2.45, 2.75) is 13.8 Å². The van der Waals surface area contributed by atoms with Crippen molar-refractivity contribution in [1.82, 2.24) is 9.97 Å². The Kier molecular flexibility index (Phi) is 3.15. The summed E-state index contributed by atoms with van der Waals surface area (Å²) >= 11 is 5.85. The fourth-order valence-electron chi connectivity index (χ4n) is 1.54. The van der Waals surface area contributed by atoms with Gasteiger partial charge in [-0.3, -0.25) is 4.79 Å². The van der Waals surface area contributed by atoms with Crippen LogP contribution in [0.4, 0.5) is 5.69 Å². The summed E-state index contributed by atoms with van der Waals surface area (Å²) in [6, 6.07) is 5.31. The van der Waals surface area contributed by atoms with Crippen LogP contribution in [0.5, 0.6) is 0 Å². The summed E-state index contributed by atoms with van der Waals surface area (Å²) in [4.78, 5) is 18.7. The van der Waals surface area contributed by atoms with Crippen molar-refractivity contribution in [3.63, 3.8) is 0 Å². The maximum Gasteiger partial charge on any atom is 0.276 e. The fourth-order valence-corrected chi connectivity index (χ4v) is 1.76. The van der Waals surface area contributed by atoms with E-state index in [0.717, 1.165) is 16.9 Å². The van der Waals surface area contributed by atoms with Crippen LogP contribution < -0.4 is 5.32 Å². The molecular formula is C12H12ClN3O. The van der Waals surface area contributed by atoms with Crippen LogP contribution in [0.15, 0.2) is 24.5 Å². The average Bonchev–Trinajstić information content (AvgIpc) is 2.68. The molecule has 0 aliphatic heterocycles. The molecule has 17 heavy (non-hydrogen) atoms. The quantitative estimate of drug-likeness (QED) is 0.860. The van der Waals surface area contributed by atoms with Crippen LogP contribution in [0, 0.1) is 13.8 Å². The van der Waals surface area contributed by atoms with Gasteiger partial charge in [0.25, 0.3) is 5.91 Å². The largest absolute Gasteiger partial charge is 0.348 e. The molecule has 0 unspecified atom stereocenters. The number of rotatable bonds is 2. The van der Waals surface area contributed by atoms with Crippen molar-refractivity contribution in [3.05, 3.63) is 46.5 Å². The molecule has 0 bridgehead atoms. The van der Waals surface area contributed by atoms with Gasteiger partial charge in [-0.1, -0.05) is 11.6 Å². The van der Waals surface area contributed by atoms with E-state index in [1.54, 1.807) is 25.1 Å². The van der Waals surface area contributed by atoms with Gasteiger partial charge in [-0.2, -0.15) is 0 Å². The molecule has 1 aromatic heterocycles. The third-order valence-corrected chi connectivity index (χ3v) is 2.72. The van der Waals surface area contributed by atoms with Gasteiger partial charge in [0, 0.05) is 16.4 Å².